The number of nitrogens with one attached hydrogen (secondary N) is 1. The number of aliphatic hydroxyl groups is 2. The normalized spacial score (nSPS) is 21.9. The molecule has 1 aliphatic heterocycles. The summed E-state index contributed by atoms with van der Waals surface area (Å²) in [7, 11) is 0. The first kappa shape index (κ1) is 24.3. The predicted molar refractivity (Wildman–Crippen MR) is 137 cm³/mol. The molecule has 2 heterocycles. The van der Waals surface area contributed by atoms with Crippen molar-refractivity contribution in [2.45, 2.75) is 30.1 Å². The zero-order valence-corrected chi connectivity index (χ0v) is 20.1. The summed E-state index contributed by atoms with van der Waals surface area (Å²) in [4.78, 5) is 14.1. The largest absolute Gasteiger partial charge is 0.387 e. The maximum atomic E-state index is 11.6. The number of aromatic amines is 1. The lowest BCUT2D eigenvalue weighted by Gasteiger charge is -2.37. The third kappa shape index (κ3) is 4.45. The summed E-state index contributed by atoms with van der Waals surface area (Å²) in [6.07, 6.45) is -2.89. The van der Waals surface area contributed by atoms with Gasteiger partial charge in [0, 0.05) is 12.3 Å². The molecule has 3 N–H and O–H groups in total. The van der Waals surface area contributed by atoms with Crippen LogP contribution in [0.4, 0.5) is 0 Å². The molecular formula is C28H26N2O5S. The van der Waals surface area contributed by atoms with Crippen molar-refractivity contribution in [3.8, 4) is 0 Å². The minimum absolute atomic E-state index is 0.0237. The Kier molecular flexibility index (Phi) is 6.95. The van der Waals surface area contributed by atoms with Crippen LogP contribution >= 0.6 is 12.2 Å². The van der Waals surface area contributed by atoms with Crippen molar-refractivity contribution in [3.63, 3.8) is 0 Å². The molecule has 0 spiro atoms. The molecule has 1 fully saturated rings. The number of H-pyrrole nitrogens is 1. The Labute approximate surface area is 213 Å². The third-order valence-corrected chi connectivity index (χ3v) is 6.78. The minimum atomic E-state index is -1.27. The smallest absolute Gasteiger partial charge is 0.251 e. The Bertz CT molecular complexity index is 1310. The molecule has 1 aromatic heterocycles. The van der Waals surface area contributed by atoms with E-state index in [-0.39, 0.29) is 16.9 Å². The summed E-state index contributed by atoms with van der Waals surface area (Å²) in [6.45, 7) is -0.0237. The molecule has 1 saturated heterocycles. The van der Waals surface area contributed by atoms with E-state index in [0.29, 0.717) is 0 Å². The van der Waals surface area contributed by atoms with E-state index in [4.69, 9.17) is 21.7 Å². The second-order valence-electron chi connectivity index (χ2n) is 8.65. The van der Waals surface area contributed by atoms with Crippen LogP contribution in [-0.4, -0.2) is 44.7 Å². The van der Waals surface area contributed by atoms with Gasteiger partial charge in [-0.05, 0) is 28.9 Å². The third-order valence-electron chi connectivity index (χ3n) is 6.47. The summed E-state index contributed by atoms with van der Waals surface area (Å²) < 4.78 is 14.3. The lowest BCUT2D eigenvalue weighted by molar-refractivity contribution is -0.0954. The highest BCUT2D eigenvalue weighted by molar-refractivity contribution is 7.71. The first-order valence-corrected chi connectivity index (χ1v) is 12.0. The van der Waals surface area contributed by atoms with E-state index < -0.39 is 30.1 Å². The van der Waals surface area contributed by atoms with Crippen molar-refractivity contribution in [1.82, 2.24) is 9.55 Å². The van der Waals surface area contributed by atoms with Crippen molar-refractivity contribution in [2.24, 2.45) is 0 Å². The van der Waals surface area contributed by atoms with Crippen molar-refractivity contribution in [2.75, 3.05) is 6.61 Å². The molecule has 0 amide bonds. The van der Waals surface area contributed by atoms with Crippen molar-refractivity contribution in [1.29, 1.82) is 0 Å². The van der Waals surface area contributed by atoms with Gasteiger partial charge in [0.15, 0.2) is 11.0 Å². The Morgan fingerprint density at radius 2 is 1.33 bits per heavy atom. The van der Waals surface area contributed by atoms with E-state index in [1.165, 1.54) is 16.8 Å². The highest BCUT2D eigenvalue weighted by Gasteiger charge is 2.46. The van der Waals surface area contributed by atoms with Crippen LogP contribution in [0.3, 0.4) is 0 Å². The predicted octanol–water partition coefficient (Wildman–Crippen LogP) is 3.53. The first-order valence-electron chi connectivity index (χ1n) is 11.6. The summed E-state index contributed by atoms with van der Waals surface area (Å²) in [5.41, 5.74) is 1.38. The van der Waals surface area contributed by atoms with E-state index in [1.807, 2.05) is 91.0 Å². The molecule has 1 aliphatic rings. The quantitative estimate of drug-likeness (QED) is 0.264. The van der Waals surface area contributed by atoms with E-state index in [9.17, 15) is 15.0 Å². The molecule has 36 heavy (non-hydrogen) atoms. The van der Waals surface area contributed by atoms with Gasteiger partial charge in [-0.3, -0.25) is 14.3 Å². The van der Waals surface area contributed by atoms with Gasteiger partial charge in [-0.1, -0.05) is 91.0 Å². The first-order chi connectivity index (χ1) is 17.5. The maximum absolute atomic E-state index is 11.6. The van der Waals surface area contributed by atoms with Gasteiger partial charge in [0.1, 0.15) is 23.9 Å². The van der Waals surface area contributed by atoms with Crippen molar-refractivity contribution >= 4 is 12.2 Å². The minimum Gasteiger partial charge on any atom is -0.387 e. The van der Waals surface area contributed by atoms with Crippen LogP contribution in [0, 0.1) is 4.77 Å². The Morgan fingerprint density at radius 3 is 1.81 bits per heavy atom. The molecule has 5 rings (SSSR count). The fourth-order valence-electron chi connectivity index (χ4n) is 4.70. The average Bonchev–Trinajstić information content (AvgIpc) is 3.19. The number of benzene rings is 3. The van der Waals surface area contributed by atoms with E-state index in [1.54, 1.807) is 0 Å². The molecule has 4 aromatic rings. The van der Waals surface area contributed by atoms with Gasteiger partial charge in [-0.15, -0.1) is 0 Å². The zero-order valence-electron chi connectivity index (χ0n) is 19.3. The molecule has 0 saturated carbocycles. The number of hydrogen-bond donors (Lipinski definition) is 3. The van der Waals surface area contributed by atoms with Crippen molar-refractivity contribution < 1.29 is 19.7 Å². The highest BCUT2D eigenvalue weighted by atomic mass is 32.1. The second kappa shape index (κ2) is 10.3. The summed E-state index contributed by atoms with van der Waals surface area (Å²) >= 11 is 5.23. The van der Waals surface area contributed by atoms with Gasteiger partial charge in [0.05, 0.1) is 6.61 Å². The Balaban J connectivity index is 1.52. The van der Waals surface area contributed by atoms with Crippen LogP contribution in [0.15, 0.2) is 108 Å². The number of aliphatic hydroxyl groups excluding tert-OH is 2. The molecule has 0 bridgehead atoms. The van der Waals surface area contributed by atoms with E-state index in [2.05, 4.69) is 4.98 Å². The van der Waals surface area contributed by atoms with Crippen LogP contribution in [0.25, 0.3) is 0 Å². The molecule has 0 aliphatic carbocycles. The topological polar surface area (TPSA) is 96.7 Å². The van der Waals surface area contributed by atoms with Gasteiger partial charge in [-0.2, -0.15) is 0 Å². The lowest BCUT2D eigenvalue weighted by Crippen LogP contribution is -2.39. The number of ether oxygens (including phenoxy) is 2. The molecule has 3 aromatic carbocycles. The van der Waals surface area contributed by atoms with E-state index >= 15 is 0 Å². The van der Waals surface area contributed by atoms with Gasteiger partial charge < -0.3 is 19.7 Å². The fourth-order valence-corrected chi connectivity index (χ4v) is 4.97. The summed E-state index contributed by atoms with van der Waals surface area (Å²) in [5, 5.41) is 21.6. The maximum Gasteiger partial charge on any atom is 0.251 e. The van der Waals surface area contributed by atoms with E-state index in [0.717, 1.165) is 16.7 Å². The lowest BCUT2D eigenvalue weighted by atomic mass is 9.80. The van der Waals surface area contributed by atoms with Crippen LogP contribution < -0.4 is 5.56 Å². The molecule has 7 nitrogen and oxygen atoms in total. The summed E-state index contributed by atoms with van der Waals surface area (Å²) in [5.74, 6) is 0. The molecule has 0 radical (unpaired) electrons. The molecular weight excluding hydrogens is 476 g/mol. The zero-order chi connectivity index (χ0) is 25.1. The summed E-state index contributed by atoms with van der Waals surface area (Å²) in [6, 6.07) is 30.9. The van der Waals surface area contributed by atoms with Crippen LogP contribution in [0.5, 0.6) is 0 Å². The molecule has 4 unspecified atom stereocenters. The standard InChI is InChI=1S/C28H26N2O5S/c31-23-16-17-30(27(36)29-23)26-25(33)24(32)22(35-26)18-34-28(19-10-4-1-5-11-19,20-12-6-2-7-13-20)21-14-8-3-9-15-21/h1-17,22,24-26,32-33H,18H2,(H,29,31,36). The molecule has 8 heteroatoms. The fraction of sp³-hybridized carbons (Fsp3) is 0.214. The number of aromatic nitrogens is 2. The number of hydrogen-bond acceptors (Lipinski definition) is 6. The monoisotopic (exact) mass is 502 g/mol. The second-order valence-corrected chi connectivity index (χ2v) is 9.04. The number of rotatable bonds is 7. The highest BCUT2D eigenvalue weighted by Crippen LogP contribution is 2.41. The average molecular weight is 503 g/mol. The van der Waals surface area contributed by atoms with Crippen LogP contribution in [0.1, 0.15) is 22.9 Å². The van der Waals surface area contributed by atoms with Gasteiger partial charge in [-0.25, -0.2) is 0 Å². The Morgan fingerprint density at radius 1 is 0.833 bits per heavy atom. The Hall–Kier alpha value is -3.40. The molecule has 4 atom stereocenters. The van der Waals surface area contributed by atoms with Gasteiger partial charge in [0.25, 0.3) is 5.56 Å². The molecule has 184 valence electrons. The van der Waals surface area contributed by atoms with Gasteiger partial charge in [0.2, 0.25) is 0 Å². The van der Waals surface area contributed by atoms with Crippen molar-refractivity contribution in [3.05, 3.63) is 135 Å². The number of nitrogens with zero attached hydrogens (tertiary/aromatic N) is 1. The van der Waals surface area contributed by atoms with Gasteiger partial charge >= 0.3 is 0 Å². The van der Waals surface area contributed by atoms with Crippen LogP contribution in [0.2, 0.25) is 0 Å². The SMILES string of the molecule is O=c1ccn(C2OC(COC(c3ccccc3)(c3ccccc3)c3ccccc3)C(O)C2O)c(=S)[nH]1. The van der Waals surface area contributed by atoms with Crippen LogP contribution in [-0.2, 0) is 15.1 Å².